The number of halogens is 5. The number of aryl methyl sites for hydroxylation is 2. The Kier molecular flexibility index (Phi) is 8.47. The second-order valence-electron chi connectivity index (χ2n) is 8.99. The Labute approximate surface area is 227 Å². The largest absolute Gasteiger partial charge is 0.454 e. The van der Waals surface area contributed by atoms with Crippen LogP contribution in [0.1, 0.15) is 24.0 Å². The highest BCUT2D eigenvalue weighted by Gasteiger charge is 2.31. The van der Waals surface area contributed by atoms with Crippen LogP contribution in [0.15, 0.2) is 41.3 Å². The molecule has 3 aromatic rings. The van der Waals surface area contributed by atoms with E-state index < -0.39 is 34.6 Å². The van der Waals surface area contributed by atoms with Crippen molar-refractivity contribution in [3.63, 3.8) is 0 Å². The number of aromatic nitrogens is 3. The lowest BCUT2D eigenvalue weighted by molar-refractivity contribution is -0.154. The minimum absolute atomic E-state index is 0.0756. The van der Waals surface area contributed by atoms with Crippen molar-refractivity contribution in [3.8, 4) is 6.01 Å². The molecule has 1 saturated heterocycles. The van der Waals surface area contributed by atoms with E-state index in [-0.39, 0.29) is 46.6 Å². The third-order valence-electron chi connectivity index (χ3n) is 6.06. The molecule has 0 saturated carbocycles. The summed E-state index contributed by atoms with van der Waals surface area (Å²) in [7, 11) is -3.68. The molecule has 0 amide bonds. The molecule has 0 radical (unpaired) electrons. The van der Waals surface area contributed by atoms with Crippen LogP contribution in [0, 0.1) is 19.7 Å². The van der Waals surface area contributed by atoms with Gasteiger partial charge >= 0.3 is 12.2 Å². The van der Waals surface area contributed by atoms with E-state index in [9.17, 15) is 26.0 Å². The van der Waals surface area contributed by atoms with Gasteiger partial charge in [-0.05, 0) is 68.1 Å². The fourth-order valence-electron chi connectivity index (χ4n) is 3.84. The number of rotatable bonds is 8. The molecule has 2 N–H and O–H groups in total. The van der Waals surface area contributed by atoms with E-state index in [2.05, 4.69) is 25.6 Å². The Balaban J connectivity index is 1.48. The van der Waals surface area contributed by atoms with E-state index in [4.69, 9.17) is 16.3 Å². The highest BCUT2D eigenvalue weighted by atomic mass is 35.5. The van der Waals surface area contributed by atoms with Gasteiger partial charge in [0.25, 0.3) is 0 Å². The summed E-state index contributed by atoms with van der Waals surface area (Å²) < 4.78 is 83.9. The van der Waals surface area contributed by atoms with Gasteiger partial charge in [0.15, 0.2) is 6.61 Å². The maximum Gasteiger partial charge on any atom is 0.422 e. The van der Waals surface area contributed by atoms with Gasteiger partial charge in [0.05, 0.1) is 9.92 Å². The second kappa shape index (κ2) is 11.5. The first-order valence-corrected chi connectivity index (χ1v) is 13.6. The number of piperidine rings is 1. The van der Waals surface area contributed by atoms with Crippen LogP contribution in [0.25, 0.3) is 0 Å². The SMILES string of the molecule is Cc1ccc(S(=O)(=O)N2CCC(Nc3nc(Nc4ccc(F)c(Cl)c4)nc(OCC(F)(F)F)n3)CC2)cc1C. The van der Waals surface area contributed by atoms with Gasteiger partial charge in [-0.15, -0.1) is 0 Å². The number of hydrogen-bond acceptors (Lipinski definition) is 8. The topological polar surface area (TPSA) is 109 Å². The van der Waals surface area contributed by atoms with Crippen LogP contribution >= 0.6 is 11.6 Å². The Morgan fingerprint density at radius 3 is 2.36 bits per heavy atom. The molecular weight excluding hydrogens is 564 g/mol. The molecule has 0 atom stereocenters. The number of ether oxygens (including phenoxy) is 1. The van der Waals surface area contributed by atoms with Crippen LogP contribution in [0.4, 0.5) is 35.1 Å². The van der Waals surface area contributed by atoms with Gasteiger partial charge < -0.3 is 15.4 Å². The summed E-state index contributed by atoms with van der Waals surface area (Å²) in [6, 6.07) is 7.84. The maximum absolute atomic E-state index is 13.5. The van der Waals surface area contributed by atoms with Crippen molar-refractivity contribution in [2.75, 3.05) is 30.3 Å². The molecule has 9 nitrogen and oxygen atoms in total. The predicted octanol–water partition coefficient (Wildman–Crippen LogP) is 5.23. The number of alkyl halides is 3. The molecule has 2 aromatic carbocycles. The molecule has 39 heavy (non-hydrogen) atoms. The van der Waals surface area contributed by atoms with Gasteiger partial charge in [-0.2, -0.15) is 32.4 Å². The van der Waals surface area contributed by atoms with E-state index in [0.717, 1.165) is 17.2 Å². The summed E-state index contributed by atoms with van der Waals surface area (Å²) in [6.45, 7) is 2.56. The molecule has 1 fully saturated rings. The molecule has 210 valence electrons. The average Bonchev–Trinajstić information content (AvgIpc) is 2.86. The van der Waals surface area contributed by atoms with Gasteiger partial charge in [0.2, 0.25) is 21.9 Å². The normalized spacial score (nSPS) is 15.3. The van der Waals surface area contributed by atoms with E-state index in [1.54, 1.807) is 18.2 Å². The lowest BCUT2D eigenvalue weighted by atomic mass is 10.1. The molecular formula is C24H25ClF4N6O3S. The molecule has 4 rings (SSSR count). The summed E-state index contributed by atoms with van der Waals surface area (Å²) in [5, 5.41) is 5.58. The van der Waals surface area contributed by atoms with E-state index in [1.807, 2.05) is 13.8 Å². The number of benzene rings is 2. The smallest absolute Gasteiger partial charge is 0.422 e. The van der Waals surface area contributed by atoms with Crippen LogP contribution < -0.4 is 15.4 Å². The molecule has 0 aliphatic carbocycles. The number of nitrogens with one attached hydrogen (secondary N) is 2. The van der Waals surface area contributed by atoms with E-state index in [1.165, 1.54) is 16.4 Å². The minimum atomic E-state index is -4.62. The van der Waals surface area contributed by atoms with Crippen LogP contribution in [0.5, 0.6) is 6.01 Å². The molecule has 1 aliphatic heterocycles. The highest BCUT2D eigenvalue weighted by molar-refractivity contribution is 7.89. The molecule has 15 heteroatoms. The summed E-state index contributed by atoms with van der Waals surface area (Å²) in [5.74, 6) is -0.893. The average molecular weight is 589 g/mol. The summed E-state index contributed by atoms with van der Waals surface area (Å²) >= 11 is 5.79. The molecule has 2 heterocycles. The summed E-state index contributed by atoms with van der Waals surface area (Å²) in [5.41, 5.74) is 2.15. The maximum atomic E-state index is 13.5. The van der Waals surface area contributed by atoms with Crippen molar-refractivity contribution in [3.05, 3.63) is 58.4 Å². The van der Waals surface area contributed by atoms with Crippen molar-refractivity contribution >= 4 is 39.2 Å². The lowest BCUT2D eigenvalue weighted by Gasteiger charge is -2.31. The first kappa shape index (κ1) is 28.8. The van der Waals surface area contributed by atoms with Gasteiger partial charge in [0, 0.05) is 24.8 Å². The first-order valence-electron chi connectivity index (χ1n) is 11.8. The quantitative estimate of drug-likeness (QED) is 0.344. The van der Waals surface area contributed by atoms with Gasteiger partial charge in [-0.3, -0.25) is 0 Å². The molecule has 0 unspecified atom stereocenters. The van der Waals surface area contributed by atoms with Crippen molar-refractivity contribution < 1.29 is 30.7 Å². The number of anilines is 3. The zero-order chi connectivity index (χ0) is 28.4. The van der Waals surface area contributed by atoms with Gasteiger partial charge in [-0.1, -0.05) is 17.7 Å². The Morgan fingerprint density at radius 1 is 1.03 bits per heavy atom. The molecule has 1 aliphatic rings. The number of sulfonamides is 1. The van der Waals surface area contributed by atoms with Crippen molar-refractivity contribution in [2.45, 2.75) is 43.8 Å². The Hall–Kier alpha value is -3.23. The number of hydrogen-bond donors (Lipinski definition) is 2. The highest BCUT2D eigenvalue weighted by Crippen LogP contribution is 2.26. The van der Waals surface area contributed by atoms with E-state index >= 15 is 0 Å². The third kappa shape index (κ3) is 7.46. The van der Waals surface area contributed by atoms with Crippen LogP contribution in [-0.4, -0.2) is 59.6 Å². The Bertz CT molecular complexity index is 1450. The summed E-state index contributed by atoms with van der Waals surface area (Å²) in [4.78, 5) is 12.2. The third-order valence-corrected chi connectivity index (χ3v) is 8.24. The minimum Gasteiger partial charge on any atom is -0.454 e. The predicted molar refractivity (Wildman–Crippen MR) is 137 cm³/mol. The fraction of sp³-hybridized carbons (Fsp3) is 0.375. The second-order valence-corrected chi connectivity index (χ2v) is 11.3. The molecule has 1 aromatic heterocycles. The van der Waals surface area contributed by atoms with Crippen LogP contribution in [-0.2, 0) is 10.0 Å². The van der Waals surface area contributed by atoms with Crippen LogP contribution in [0.2, 0.25) is 5.02 Å². The fourth-order valence-corrected chi connectivity index (χ4v) is 5.57. The number of nitrogens with zero attached hydrogens (tertiary/aromatic N) is 4. The lowest BCUT2D eigenvalue weighted by Crippen LogP contribution is -2.42. The van der Waals surface area contributed by atoms with E-state index in [0.29, 0.717) is 12.8 Å². The Morgan fingerprint density at radius 2 is 1.72 bits per heavy atom. The zero-order valence-electron chi connectivity index (χ0n) is 20.9. The summed E-state index contributed by atoms with van der Waals surface area (Å²) in [6.07, 6.45) is -3.83. The standard InChI is InChI=1S/C24H25ClF4N6O3S/c1-14-3-5-18(11-15(14)2)39(36,37)35-9-7-16(8-10-35)30-21-32-22(31-17-4-6-20(26)19(25)12-17)34-23(33-21)38-13-24(27,28)29/h3-6,11-12,16H,7-10,13H2,1-2H3,(H2,30,31,32,33,34). The zero-order valence-corrected chi connectivity index (χ0v) is 22.5. The molecule has 0 spiro atoms. The van der Waals surface area contributed by atoms with Gasteiger partial charge in [0.1, 0.15) is 5.82 Å². The first-order chi connectivity index (χ1) is 18.3. The van der Waals surface area contributed by atoms with Gasteiger partial charge in [-0.25, -0.2) is 12.8 Å². The van der Waals surface area contributed by atoms with Crippen LogP contribution in [0.3, 0.4) is 0 Å². The van der Waals surface area contributed by atoms with Crippen molar-refractivity contribution in [1.82, 2.24) is 19.3 Å². The van der Waals surface area contributed by atoms with Crippen molar-refractivity contribution in [2.24, 2.45) is 0 Å². The monoisotopic (exact) mass is 588 g/mol. The molecule has 0 bridgehead atoms. The van der Waals surface area contributed by atoms with Crippen molar-refractivity contribution in [1.29, 1.82) is 0 Å².